The number of hydrogen-bond acceptors (Lipinski definition) is 5. The molecule has 0 radical (unpaired) electrons. The van der Waals surface area contributed by atoms with Gasteiger partial charge in [-0.2, -0.15) is 4.39 Å². The lowest BCUT2D eigenvalue weighted by Gasteiger charge is -2.16. The first-order valence-electron chi connectivity index (χ1n) is 6.40. The van der Waals surface area contributed by atoms with E-state index in [0.29, 0.717) is 6.54 Å². The van der Waals surface area contributed by atoms with Crippen LogP contribution in [0.1, 0.15) is 4.88 Å². The minimum atomic E-state index is -1.00. The summed E-state index contributed by atoms with van der Waals surface area (Å²) in [5, 5.41) is 12.4. The molecule has 1 heterocycles. The number of hydrogen-bond donors (Lipinski definition) is 0. The van der Waals surface area contributed by atoms with Crippen LogP contribution in [0.5, 0.6) is 5.75 Å². The highest BCUT2D eigenvalue weighted by atomic mass is 79.9. The maximum Gasteiger partial charge on any atom is 0.305 e. The van der Waals surface area contributed by atoms with E-state index in [0.717, 1.165) is 21.5 Å². The van der Waals surface area contributed by atoms with Gasteiger partial charge >= 0.3 is 5.69 Å². The summed E-state index contributed by atoms with van der Waals surface area (Å²) in [4.78, 5) is 24.2. The molecule has 0 bridgehead atoms. The van der Waals surface area contributed by atoms with E-state index in [1.54, 1.807) is 7.05 Å². The van der Waals surface area contributed by atoms with Gasteiger partial charge in [0.1, 0.15) is 5.75 Å². The zero-order valence-electron chi connectivity index (χ0n) is 12.0. The number of nitro benzene ring substituents is 1. The molecule has 0 fully saturated rings. The summed E-state index contributed by atoms with van der Waals surface area (Å²) in [6.07, 6.45) is 0. The summed E-state index contributed by atoms with van der Waals surface area (Å²) < 4.78 is 19.6. The molecule has 1 aromatic carbocycles. The van der Waals surface area contributed by atoms with E-state index in [4.69, 9.17) is 4.74 Å². The molecule has 0 spiro atoms. The lowest BCUT2D eigenvalue weighted by atomic mass is 10.3. The molecule has 0 saturated heterocycles. The lowest BCUT2D eigenvalue weighted by molar-refractivity contribution is -0.387. The van der Waals surface area contributed by atoms with Crippen LogP contribution >= 0.6 is 27.3 Å². The topological polar surface area (TPSA) is 72.7 Å². The van der Waals surface area contributed by atoms with Crippen LogP contribution in [-0.4, -0.2) is 29.4 Å². The van der Waals surface area contributed by atoms with E-state index in [2.05, 4.69) is 15.9 Å². The fourth-order valence-corrected chi connectivity index (χ4v) is 3.24. The average Bonchev–Trinajstić information content (AvgIpc) is 2.89. The zero-order chi connectivity index (χ0) is 17.0. The number of ether oxygens (including phenoxy) is 1. The molecule has 9 heteroatoms. The number of carbonyl (C=O) groups is 1. The third-order valence-corrected chi connectivity index (χ3v) is 4.60. The Morgan fingerprint density at radius 3 is 2.78 bits per heavy atom. The molecular weight excluding hydrogens is 391 g/mol. The van der Waals surface area contributed by atoms with E-state index in [1.807, 2.05) is 11.4 Å². The van der Waals surface area contributed by atoms with Crippen LogP contribution in [0, 0.1) is 15.9 Å². The zero-order valence-corrected chi connectivity index (χ0v) is 14.4. The number of benzene rings is 1. The smallest absolute Gasteiger partial charge is 0.305 e. The van der Waals surface area contributed by atoms with E-state index in [-0.39, 0.29) is 18.3 Å². The standard InChI is InChI=1S/C14H12BrFN2O4S/c1-17(6-11-4-9(15)8-23-11)14(19)7-22-10-2-3-13(18(20)21)12(16)5-10/h2-5,8H,6-7H2,1H3. The Labute approximate surface area is 143 Å². The minimum Gasteiger partial charge on any atom is -0.484 e. The Hall–Kier alpha value is -2.00. The highest BCUT2D eigenvalue weighted by molar-refractivity contribution is 9.10. The molecule has 2 aromatic rings. The van der Waals surface area contributed by atoms with Crippen molar-refractivity contribution in [1.29, 1.82) is 0 Å². The first kappa shape index (κ1) is 17.4. The van der Waals surface area contributed by atoms with E-state index in [1.165, 1.54) is 22.3 Å². The Morgan fingerprint density at radius 2 is 2.22 bits per heavy atom. The Kier molecular flexibility index (Phi) is 5.67. The van der Waals surface area contributed by atoms with Gasteiger partial charge < -0.3 is 9.64 Å². The average molecular weight is 403 g/mol. The second kappa shape index (κ2) is 7.51. The molecule has 0 aliphatic carbocycles. The summed E-state index contributed by atoms with van der Waals surface area (Å²) in [7, 11) is 1.63. The van der Waals surface area contributed by atoms with Crippen molar-refractivity contribution in [2.24, 2.45) is 0 Å². The van der Waals surface area contributed by atoms with Crippen molar-refractivity contribution in [2.75, 3.05) is 13.7 Å². The van der Waals surface area contributed by atoms with Gasteiger partial charge in [0, 0.05) is 33.9 Å². The maximum atomic E-state index is 13.5. The normalized spacial score (nSPS) is 10.4. The number of halogens is 2. The van der Waals surface area contributed by atoms with Gasteiger partial charge in [-0.1, -0.05) is 0 Å². The van der Waals surface area contributed by atoms with Crippen LogP contribution in [0.15, 0.2) is 34.1 Å². The number of likely N-dealkylation sites (N-methyl/N-ethyl adjacent to an activating group) is 1. The maximum absolute atomic E-state index is 13.5. The fourth-order valence-electron chi connectivity index (χ4n) is 1.74. The van der Waals surface area contributed by atoms with Crippen LogP contribution in [0.3, 0.4) is 0 Å². The van der Waals surface area contributed by atoms with Crippen LogP contribution in [0.25, 0.3) is 0 Å². The summed E-state index contributed by atoms with van der Waals surface area (Å²) in [5.41, 5.74) is -0.635. The first-order chi connectivity index (χ1) is 10.9. The van der Waals surface area contributed by atoms with Crippen molar-refractivity contribution in [1.82, 2.24) is 4.90 Å². The molecule has 2 rings (SSSR count). The summed E-state index contributed by atoms with van der Waals surface area (Å²) in [5.74, 6) is -1.22. The molecule has 1 amide bonds. The van der Waals surface area contributed by atoms with E-state index in [9.17, 15) is 19.3 Å². The van der Waals surface area contributed by atoms with Crippen molar-refractivity contribution < 1.29 is 18.8 Å². The third kappa shape index (κ3) is 4.73. The third-order valence-electron chi connectivity index (χ3n) is 2.92. The number of thiophene rings is 1. The van der Waals surface area contributed by atoms with Gasteiger partial charge in [0.15, 0.2) is 6.61 Å². The van der Waals surface area contributed by atoms with Crippen molar-refractivity contribution in [2.45, 2.75) is 6.54 Å². The second-order valence-electron chi connectivity index (χ2n) is 4.64. The summed E-state index contributed by atoms with van der Waals surface area (Å²) >= 11 is 4.86. The monoisotopic (exact) mass is 402 g/mol. The molecular formula is C14H12BrFN2O4S. The number of amides is 1. The molecule has 0 aliphatic heterocycles. The van der Waals surface area contributed by atoms with Gasteiger partial charge in [0.25, 0.3) is 5.91 Å². The van der Waals surface area contributed by atoms with Crippen molar-refractivity contribution in [3.05, 3.63) is 54.9 Å². The first-order valence-corrected chi connectivity index (χ1v) is 8.07. The highest BCUT2D eigenvalue weighted by Gasteiger charge is 2.16. The van der Waals surface area contributed by atoms with Crippen LogP contribution < -0.4 is 4.74 Å². The van der Waals surface area contributed by atoms with Gasteiger partial charge in [0.05, 0.1) is 11.5 Å². The quantitative estimate of drug-likeness (QED) is 0.546. The van der Waals surface area contributed by atoms with Crippen LogP contribution in [0.2, 0.25) is 0 Å². The minimum absolute atomic E-state index is 0.0636. The molecule has 23 heavy (non-hydrogen) atoms. The van der Waals surface area contributed by atoms with Gasteiger partial charge in [-0.15, -0.1) is 11.3 Å². The summed E-state index contributed by atoms with van der Waals surface area (Å²) in [6, 6.07) is 5.07. The van der Waals surface area contributed by atoms with Gasteiger partial charge in [-0.3, -0.25) is 14.9 Å². The number of rotatable bonds is 6. The van der Waals surface area contributed by atoms with Crippen molar-refractivity contribution >= 4 is 38.9 Å². The van der Waals surface area contributed by atoms with E-state index < -0.39 is 16.4 Å². The van der Waals surface area contributed by atoms with Gasteiger partial charge in [-0.25, -0.2) is 0 Å². The highest BCUT2D eigenvalue weighted by Crippen LogP contribution is 2.23. The van der Waals surface area contributed by atoms with Gasteiger partial charge in [0.2, 0.25) is 5.82 Å². The second-order valence-corrected chi connectivity index (χ2v) is 6.55. The molecule has 6 nitrogen and oxygen atoms in total. The number of nitrogens with zero attached hydrogens (tertiary/aromatic N) is 2. The number of carbonyl (C=O) groups excluding carboxylic acids is 1. The molecule has 0 atom stereocenters. The number of nitro groups is 1. The Bertz CT molecular complexity index is 737. The molecule has 0 unspecified atom stereocenters. The fraction of sp³-hybridized carbons (Fsp3) is 0.214. The largest absolute Gasteiger partial charge is 0.484 e. The molecule has 0 aliphatic rings. The molecule has 1 aromatic heterocycles. The van der Waals surface area contributed by atoms with Crippen molar-refractivity contribution in [3.63, 3.8) is 0 Å². The Balaban J connectivity index is 1.91. The SMILES string of the molecule is CN(Cc1cc(Br)cs1)C(=O)COc1ccc([N+](=O)[O-])c(F)c1. The lowest BCUT2D eigenvalue weighted by Crippen LogP contribution is -2.30. The predicted octanol–water partition coefficient (Wildman–Crippen LogP) is 3.60. The Morgan fingerprint density at radius 1 is 1.48 bits per heavy atom. The van der Waals surface area contributed by atoms with Crippen LogP contribution in [0.4, 0.5) is 10.1 Å². The molecule has 122 valence electrons. The predicted molar refractivity (Wildman–Crippen MR) is 87.0 cm³/mol. The molecule has 0 N–H and O–H groups in total. The van der Waals surface area contributed by atoms with Crippen LogP contribution in [-0.2, 0) is 11.3 Å². The van der Waals surface area contributed by atoms with Gasteiger partial charge in [-0.05, 0) is 28.1 Å². The van der Waals surface area contributed by atoms with Crippen molar-refractivity contribution in [3.8, 4) is 5.75 Å². The van der Waals surface area contributed by atoms with E-state index >= 15 is 0 Å². The summed E-state index contributed by atoms with van der Waals surface area (Å²) in [6.45, 7) is 0.160. The molecule has 0 saturated carbocycles.